The van der Waals surface area contributed by atoms with Gasteiger partial charge in [0.25, 0.3) is 0 Å². The van der Waals surface area contributed by atoms with Gasteiger partial charge in [-0.15, -0.1) is 0 Å². The van der Waals surface area contributed by atoms with Crippen molar-refractivity contribution in [2.75, 3.05) is 7.11 Å². The molecule has 0 fully saturated rings. The Hall–Kier alpha value is -2.82. The second-order valence-electron chi connectivity index (χ2n) is 5.84. The number of carbonyl (C=O) groups is 1. The molecule has 0 bridgehead atoms. The van der Waals surface area contributed by atoms with Crippen LogP contribution in [0, 0.1) is 5.82 Å². The van der Waals surface area contributed by atoms with Gasteiger partial charge in [0.1, 0.15) is 22.9 Å². The van der Waals surface area contributed by atoms with Gasteiger partial charge in [0.15, 0.2) is 0 Å². The summed E-state index contributed by atoms with van der Waals surface area (Å²) >= 11 is 0. The van der Waals surface area contributed by atoms with E-state index in [0.29, 0.717) is 11.3 Å². The summed E-state index contributed by atoms with van der Waals surface area (Å²) in [7, 11) is 1.25. The molecular weight excluding hydrogens is 335 g/mol. The maximum absolute atomic E-state index is 13.0. The van der Waals surface area contributed by atoms with Crippen LogP contribution in [-0.2, 0) is 4.74 Å². The minimum atomic E-state index is -0.643. The van der Waals surface area contributed by atoms with Crippen molar-refractivity contribution >= 4 is 18.1 Å². The van der Waals surface area contributed by atoms with Gasteiger partial charge in [-0.05, 0) is 42.2 Å². The summed E-state index contributed by atoms with van der Waals surface area (Å²) in [5.41, 5.74) is 1.28. The molecule has 0 atom stereocenters. The zero-order chi connectivity index (χ0) is 19.1. The van der Waals surface area contributed by atoms with Crippen LogP contribution >= 0.6 is 0 Å². The number of hydrogen-bond acceptors (Lipinski definition) is 4. The minimum Gasteiger partial charge on any atom is -0.507 e. The first-order chi connectivity index (χ1) is 12.5. The summed E-state index contributed by atoms with van der Waals surface area (Å²) in [6.45, 7) is 4.04. The molecule has 0 saturated carbocycles. The predicted molar refractivity (Wildman–Crippen MR) is 99.8 cm³/mol. The van der Waals surface area contributed by atoms with Crippen LogP contribution in [0.15, 0.2) is 36.4 Å². The molecule has 0 aromatic heterocycles. The second kappa shape index (κ2) is 9.04. The van der Waals surface area contributed by atoms with E-state index in [-0.39, 0.29) is 23.2 Å². The standard InChI is InChI=1S/C21H23FO4/c1-4-17(5-2)26-18-12-15(20(19(23)13-18)21(24)25-3)9-6-14-7-10-16(22)11-8-14/h6-13,17,23H,4-5H2,1-3H3. The molecule has 1 N–H and O–H groups in total. The number of phenols is 1. The van der Waals surface area contributed by atoms with Crippen LogP contribution in [0.4, 0.5) is 4.39 Å². The van der Waals surface area contributed by atoms with E-state index in [4.69, 9.17) is 9.47 Å². The molecule has 2 aromatic rings. The number of benzene rings is 2. The summed E-state index contributed by atoms with van der Waals surface area (Å²) in [4.78, 5) is 12.1. The van der Waals surface area contributed by atoms with Crippen molar-refractivity contribution in [2.45, 2.75) is 32.8 Å². The first-order valence-corrected chi connectivity index (χ1v) is 8.54. The van der Waals surface area contributed by atoms with Crippen molar-refractivity contribution in [3.63, 3.8) is 0 Å². The highest BCUT2D eigenvalue weighted by molar-refractivity contribution is 5.98. The number of carbonyl (C=O) groups excluding carboxylic acids is 1. The number of esters is 1. The van der Waals surface area contributed by atoms with Crippen molar-refractivity contribution in [1.29, 1.82) is 0 Å². The first-order valence-electron chi connectivity index (χ1n) is 8.54. The van der Waals surface area contributed by atoms with Gasteiger partial charge >= 0.3 is 5.97 Å². The topological polar surface area (TPSA) is 55.8 Å². The molecule has 0 saturated heterocycles. The van der Waals surface area contributed by atoms with Gasteiger partial charge in [0.2, 0.25) is 0 Å². The molecule has 0 radical (unpaired) electrons. The van der Waals surface area contributed by atoms with Crippen LogP contribution in [0.1, 0.15) is 48.2 Å². The fraction of sp³-hybridized carbons (Fsp3) is 0.286. The van der Waals surface area contributed by atoms with Gasteiger partial charge < -0.3 is 14.6 Å². The van der Waals surface area contributed by atoms with Crippen LogP contribution in [0.3, 0.4) is 0 Å². The molecular formula is C21H23FO4. The van der Waals surface area contributed by atoms with Crippen molar-refractivity contribution in [2.24, 2.45) is 0 Å². The Bertz CT molecular complexity index is 777. The van der Waals surface area contributed by atoms with Gasteiger partial charge in [-0.3, -0.25) is 0 Å². The van der Waals surface area contributed by atoms with Gasteiger partial charge in [0, 0.05) is 6.07 Å². The lowest BCUT2D eigenvalue weighted by Crippen LogP contribution is -2.14. The van der Waals surface area contributed by atoms with E-state index < -0.39 is 5.97 Å². The normalized spacial score (nSPS) is 11.1. The smallest absolute Gasteiger partial charge is 0.342 e. The van der Waals surface area contributed by atoms with Crippen LogP contribution in [0.5, 0.6) is 11.5 Å². The van der Waals surface area contributed by atoms with Crippen LogP contribution in [0.25, 0.3) is 12.2 Å². The summed E-state index contributed by atoms with van der Waals surface area (Å²) in [5.74, 6) is -0.701. The Kier molecular flexibility index (Phi) is 6.78. The Morgan fingerprint density at radius 1 is 1.15 bits per heavy atom. The third-order valence-corrected chi connectivity index (χ3v) is 4.05. The molecule has 0 unspecified atom stereocenters. The van der Waals surface area contributed by atoms with Gasteiger partial charge in [-0.1, -0.05) is 38.1 Å². The van der Waals surface area contributed by atoms with Gasteiger partial charge in [-0.2, -0.15) is 0 Å². The maximum atomic E-state index is 13.0. The van der Waals surface area contributed by atoms with E-state index >= 15 is 0 Å². The fourth-order valence-electron chi connectivity index (χ4n) is 2.55. The molecule has 4 nitrogen and oxygen atoms in total. The Morgan fingerprint density at radius 2 is 1.81 bits per heavy atom. The molecule has 5 heteroatoms. The van der Waals surface area contributed by atoms with E-state index in [9.17, 15) is 14.3 Å². The molecule has 2 rings (SSSR count). The zero-order valence-electron chi connectivity index (χ0n) is 15.2. The minimum absolute atomic E-state index is 0.0207. The predicted octanol–water partition coefficient (Wildman–Crippen LogP) is 5.06. The Morgan fingerprint density at radius 3 is 2.38 bits per heavy atom. The SMILES string of the molecule is CCC(CC)Oc1cc(O)c(C(=O)OC)c(C=Cc2ccc(F)cc2)c1. The van der Waals surface area contributed by atoms with Crippen molar-refractivity contribution in [1.82, 2.24) is 0 Å². The number of phenolic OH excluding ortho intramolecular Hbond substituents is 1. The highest BCUT2D eigenvalue weighted by Gasteiger charge is 2.18. The largest absolute Gasteiger partial charge is 0.507 e. The first kappa shape index (κ1) is 19.5. The number of methoxy groups -OCH3 is 1. The lowest BCUT2D eigenvalue weighted by molar-refractivity contribution is 0.0597. The van der Waals surface area contributed by atoms with Gasteiger partial charge in [-0.25, -0.2) is 9.18 Å². The monoisotopic (exact) mass is 358 g/mol. The highest BCUT2D eigenvalue weighted by atomic mass is 19.1. The van der Waals surface area contributed by atoms with Crippen LogP contribution in [-0.4, -0.2) is 24.3 Å². The van der Waals surface area contributed by atoms with E-state index in [1.54, 1.807) is 30.4 Å². The third kappa shape index (κ3) is 4.85. The maximum Gasteiger partial charge on any atom is 0.342 e. The average Bonchev–Trinajstić information content (AvgIpc) is 2.64. The summed E-state index contributed by atoms with van der Waals surface area (Å²) in [5, 5.41) is 10.3. The van der Waals surface area contributed by atoms with E-state index in [1.165, 1.54) is 25.3 Å². The fourth-order valence-corrected chi connectivity index (χ4v) is 2.55. The average molecular weight is 358 g/mol. The molecule has 2 aromatic carbocycles. The van der Waals surface area contributed by atoms with Crippen molar-refractivity contribution < 1.29 is 23.8 Å². The van der Waals surface area contributed by atoms with E-state index in [1.807, 2.05) is 13.8 Å². The van der Waals surface area contributed by atoms with E-state index in [0.717, 1.165) is 18.4 Å². The number of ether oxygens (including phenoxy) is 2. The highest BCUT2D eigenvalue weighted by Crippen LogP contribution is 2.31. The number of aromatic hydroxyl groups is 1. The van der Waals surface area contributed by atoms with Crippen molar-refractivity contribution in [3.8, 4) is 11.5 Å². The molecule has 26 heavy (non-hydrogen) atoms. The quantitative estimate of drug-likeness (QED) is 0.555. The lowest BCUT2D eigenvalue weighted by atomic mass is 10.0. The van der Waals surface area contributed by atoms with Crippen LogP contribution < -0.4 is 4.74 Å². The summed E-state index contributed by atoms with van der Waals surface area (Å²) in [6.07, 6.45) is 5.07. The molecule has 0 aliphatic heterocycles. The number of rotatable bonds is 7. The van der Waals surface area contributed by atoms with Crippen LogP contribution in [0.2, 0.25) is 0 Å². The Balaban J connectivity index is 2.43. The number of halogens is 1. The molecule has 0 aliphatic rings. The molecule has 0 spiro atoms. The summed E-state index contributed by atoms with van der Waals surface area (Å²) in [6, 6.07) is 9.04. The van der Waals surface area contributed by atoms with Gasteiger partial charge in [0.05, 0.1) is 13.2 Å². The third-order valence-electron chi connectivity index (χ3n) is 4.05. The summed E-state index contributed by atoms with van der Waals surface area (Å²) < 4.78 is 23.7. The van der Waals surface area contributed by atoms with E-state index in [2.05, 4.69) is 0 Å². The van der Waals surface area contributed by atoms with Crippen molar-refractivity contribution in [3.05, 3.63) is 58.9 Å². The zero-order valence-corrected chi connectivity index (χ0v) is 15.2. The molecule has 138 valence electrons. The molecule has 0 aliphatic carbocycles. The Labute approximate surface area is 152 Å². The molecule has 0 heterocycles. The number of hydrogen-bond donors (Lipinski definition) is 1. The second-order valence-corrected chi connectivity index (χ2v) is 5.84. The lowest BCUT2D eigenvalue weighted by Gasteiger charge is -2.17. The molecule has 0 amide bonds.